The molecule has 1 aromatic carbocycles. The van der Waals surface area contributed by atoms with Crippen molar-refractivity contribution in [3.63, 3.8) is 0 Å². The van der Waals surface area contributed by atoms with E-state index in [-0.39, 0.29) is 11.7 Å². The Morgan fingerprint density at radius 2 is 1.88 bits per heavy atom. The number of hydrogen-bond acceptors (Lipinski definition) is 8. The number of anilines is 1. The Hall–Kier alpha value is -4.33. The molecule has 40 heavy (non-hydrogen) atoms. The maximum absolute atomic E-state index is 11.6. The monoisotopic (exact) mass is 537 g/mol. The minimum absolute atomic E-state index is 0.146. The number of aromatic nitrogens is 4. The van der Waals surface area contributed by atoms with Gasteiger partial charge in [-0.25, -0.2) is 14.8 Å². The second kappa shape index (κ2) is 11.4. The third-order valence-electron chi connectivity index (χ3n) is 7.70. The van der Waals surface area contributed by atoms with Gasteiger partial charge in [0.25, 0.3) is 0 Å². The van der Waals surface area contributed by atoms with Gasteiger partial charge in [0.05, 0.1) is 41.4 Å². The Morgan fingerprint density at radius 3 is 2.58 bits per heavy atom. The van der Waals surface area contributed by atoms with Crippen LogP contribution in [0.4, 0.5) is 5.82 Å². The molecule has 6 rings (SSSR count). The van der Waals surface area contributed by atoms with Crippen molar-refractivity contribution in [3.8, 4) is 6.07 Å². The molecule has 0 aliphatic carbocycles. The Labute approximate surface area is 232 Å². The molecule has 0 bridgehead atoms. The number of fused-ring (bicyclic) bond motifs is 1. The van der Waals surface area contributed by atoms with E-state index in [2.05, 4.69) is 43.6 Å². The number of ether oxygens (including phenoxy) is 1. The van der Waals surface area contributed by atoms with Gasteiger partial charge < -0.3 is 19.3 Å². The molecule has 3 aromatic heterocycles. The van der Waals surface area contributed by atoms with Crippen LogP contribution >= 0.6 is 0 Å². The normalized spacial score (nSPS) is 17.5. The number of carbonyl (C=O) groups is 1. The van der Waals surface area contributed by atoms with Gasteiger partial charge in [0.2, 0.25) is 0 Å². The second-order valence-electron chi connectivity index (χ2n) is 10.3. The number of carboxylic acid groups (broad SMARTS) is 1. The molecule has 2 saturated heterocycles. The van der Waals surface area contributed by atoms with E-state index in [1.54, 1.807) is 30.5 Å². The number of aryl methyl sites for hydroxylation is 2. The van der Waals surface area contributed by atoms with Crippen LogP contribution < -0.4 is 4.90 Å². The van der Waals surface area contributed by atoms with E-state index in [0.717, 1.165) is 86.1 Å². The van der Waals surface area contributed by atoms with Crippen LogP contribution in [0, 0.1) is 11.3 Å². The van der Waals surface area contributed by atoms with E-state index in [0.29, 0.717) is 18.7 Å². The molecule has 10 nitrogen and oxygen atoms in total. The molecule has 1 N–H and O–H groups in total. The predicted molar refractivity (Wildman–Crippen MR) is 149 cm³/mol. The van der Waals surface area contributed by atoms with Gasteiger partial charge in [0, 0.05) is 50.4 Å². The fraction of sp³-hybridized carbons (Fsp3) is 0.367. The van der Waals surface area contributed by atoms with E-state index in [9.17, 15) is 9.90 Å². The first-order valence-electron chi connectivity index (χ1n) is 13.7. The molecule has 10 heteroatoms. The molecule has 1 atom stereocenters. The minimum atomic E-state index is -0.934. The highest BCUT2D eigenvalue weighted by Crippen LogP contribution is 2.24. The first-order chi connectivity index (χ1) is 19.6. The third-order valence-corrected chi connectivity index (χ3v) is 7.70. The lowest BCUT2D eigenvalue weighted by Gasteiger charge is -2.35. The van der Waals surface area contributed by atoms with Crippen LogP contribution in [0.25, 0.3) is 11.0 Å². The molecule has 5 heterocycles. The van der Waals surface area contributed by atoms with Crippen LogP contribution in [0.15, 0.2) is 54.7 Å². The van der Waals surface area contributed by atoms with Crippen LogP contribution in [0.5, 0.6) is 0 Å². The summed E-state index contributed by atoms with van der Waals surface area (Å²) in [6.07, 6.45) is 4.33. The molecule has 1 unspecified atom stereocenters. The SMILES string of the molecule is N#Cc1ccc(CCc2cccc(N3CCN(Cc4nc5ccc(C(=O)O)cc5n4CC4CCO4)CC3)n2)nc1. The van der Waals surface area contributed by atoms with Crippen molar-refractivity contribution in [2.75, 3.05) is 37.7 Å². The molecule has 4 aromatic rings. The minimum Gasteiger partial charge on any atom is -0.478 e. The van der Waals surface area contributed by atoms with Gasteiger partial charge in [0.15, 0.2) is 0 Å². The van der Waals surface area contributed by atoms with Crippen molar-refractivity contribution in [2.24, 2.45) is 0 Å². The second-order valence-corrected chi connectivity index (χ2v) is 10.3. The number of hydrogen-bond donors (Lipinski definition) is 1. The van der Waals surface area contributed by atoms with E-state index < -0.39 is 5.97 Å². The fourth-order valence-electron chi connectivity index (χ4n) is 5.27. The molecule has 0 spiro atoms. The number of nitriles is 1. The molecular formula is C30H31N7O3. The average molecular weight is 538 g/mol. The van der Waals surface area contributed by atoms with Gasteiger partial charge in [-0.3, -0.25) is 9.88 Å². The standard InChI is InChI=1S/C30H31N7O3/c31-17-21-4-6-23(32-18-21)7-8-24-2-1-3-28(33-24)36-13-11-35(12-14-36)20-29-34-26-9-5-22(30(38)39)16-27(26)37(29)19-25-10-15-40-25/h1-6,9,16,18,25H,7-8,10-15,19-20H2,(H,38,39). The third kappa shape index (κ3) is 5.66. The number of imidazole rings is 1. The van der Waals surface area contributed by atoms with Crippen molar-refractivity contribution >= 4 is 22.8 Å². The Morgan fingerprint density at radius 1 is 1.05 bits per heavy atom. The lowest BCUT2D eigenvalue weighted by Crippen LogP contribution is -2.46. The summed E-state index contributed by atoms with van der Waals surface area (Å²) in [5.41, 5.74) is 4.48. The van der Waals surface area contributed by atoms with Crippen LogP contribution in [0.1, 0.15) is 39.6 Å². The summed E-state index contributed by atoms with van der Waals surface area (Å²) < 4.78 is 7.84. The fourth-order valence-corrected chi connectivity index (χ4v) is 5.27. The number of benzene rings is 1. The van der Waals surface area contributed by atoms with Gasteiger partial charge in [0.1, 0.15) is 17.7 Å². The van der Waals surface area contributed by atoms with E-state index in [4.69, 9.17) is 20.0 Å². The summed E-state index contributed by atoms with van der Waals surface area (Å²) in [6.45, 7) is 5.64. The van der Waals surface area contributed by atoms with Crippen molar-refractivity contribution in [1.82, 2.24) is 24.4 Å². The number of nitrogens with zero attached hydrogens (tertiary/aromatic N) is 7. The number of piperazine rings is 1. The van der Waals surface area contributed by atoms with Gasteiger partial charge >= 0.3 is 5.97 Å². The van der Waals surface area contributed by atoms with Crippen molar-refractivity contribution in [2.45, 2.75) is 38.5 Å². The quantitative estimate of drug-likeness (QED) is 0.343. The van der Waals surface area contributed by atoms with Crippen LogP contribution in [-0.2, 0) is 30.7 Å². The van der Waals surface area contributed by atoms with Gasteiger partial charge in [-0.1, -0.05) is 6.07 Å². The molecule has 2 fully saturated rings. The van der Waals surface area contributed by atoms with Crippen LogP contribution in [0.2, 0.25) is 0 Å². The Bertz CT molecular complexity index is 1550. The summed E-state index contributed by atoms with van der Waals surface area (Å²) in [4.78, 5) is 30.5. The zero-order valence-electron chi connectivity index (χ0n) is 22.2. The highest BCUT2D eigenvalue weighted by atomic mass is 16.5. The predicted octanol–water partition coefficient (Wildman–Crippen LogP) is 3.29. The highest BCUT2D eigenvalue weighted by Gasteiger charge is 2.25. The molecular weight excluding hydrogens is 506 g/mol. The topological polar surface area (TPSA) is 120 Å². The lowest BCUT2D eigenvalue weighted by molar-refractivity contribution is -0.0592. The Balaban J connectivity index is 1.10. The summed E-state index contributed by atoms with van der Waals surface area (Å²) in [5.74, 6) is 0.995. The van der Waals surface area contributed by atoms with Crippen LogP contribution in [-0.4, -0.2) is 74.4 Å². The van der Waals surface area contributed by atoms with Gasteiger partial charge in [-0.2, -0.15) is 5.26 Å². The molecule has 204 valence electrons. The molecule has 0 amide bonds. The lowest BCUT2D eigenvalue weighted by atomic mass is 10.1. The van der Waals surface area contributed by atoms with Crippen molar-refractivity contribution in [3.05, 3.63) is 83.1 Å². The zero-order valence-corrected chi connectivity index (χ0v) is 22.2. The number of aromatic carboxylic acids is 1. The maximum Gasteiger partial charge on any atom is 0.335 e. The smallest absolute Gasteiger partial charge is 0.335 e. The van der Waals surface area contributed by atoms with Crippen LogP contribution in [0.3, 0.4) is 0 Å². The summed E-state index contributed by atoms with van der Waals surface area (Å²) in [6, 6.07) is 17.1. The summed E-state index contributed by atoms with van der Waals surface area (Å²) >= 11 is 0. The first-order valence-corrected chi connectivity index (χ1v) is 13.7. The van der Waals surface area contributed by atoms with Crippen molar-refractivity contribution < 1.29 is 14.6 Å². The number of carboxylic acids is 1. The summed E-state index contributed by atoms with van der Waals surface area (Å²) in [5, 5.41) is 18.5. The van der Waals surface area contributed by atoms with E-state index in [1.807, 2.05) is 6.07 Å². The van der Waals surface area contributed by atoms with E-state index in [1.165, 1.54) is 0 Å². The summed E-state index contributed by atoms with van der Waals surface area (Å²) in [7, 11) is 0. The molecule has 0 radical (unpaired) electrons. The average Bonchev–Trinajstić information content (AvgIpc) is 3.30. The van der Waals surface area contributed by atoms with Gasteiger partial charge in [-0.15, -0.1) is 0 Å². The largest absolute Gasteiger partial charge is 0.478 e. The number of rotatable bonds is 9. The zero-order chi connectivity index (χ0) is 27.5. The molecule has 0 saturated carbocycles. The molecule has 2 aliphatic rings. The van der Waals surface area contributed by atoms with Gasteiger partial charge in [-0.05, 0) is 61.7 Å². The number of pyridine rings is 2. The highest BCUT2D eigenvalue weighted by molar-refractivity contribution is 5.92. The first kappa shape index (κ1) is 25.9. The Kier molecular flexibility index (Phi) is 7.40. The maximum atomic E-state index is 11.6. The van der Waals surface area contributed by atoms with Crippen molar-refractivity contribution in [1.29, 1.82) is 5.26 Å². The van der Waals surface area contributed by atoms with E-state index >= 15 is 0 Å². The molecule has 2 aliphatic heterocycles.